The van der Waals surface area contributed by atoms with Crippen molar-refractivity contribution in [3.05, 3.63) is 88.0 Å². The van der Waals surface area contributed by atoms with Crippen LogP contribution in [-0.2, 0) is 15.7 Å². The quantitative estimate of drug-likeness (QED) is 0.322. The van der Waals surface area contributed by atoms with E-state index in [0.29, 0.717) is 0 Å². The molecule has 2 bridgehead atoms. The normalized spacial score (nSPS) is 23.1. The number of rotatable bonds is 2. The van der Waals surface area contributed by atoms with Crippen LogP contribution >= 0.6 is 0 Å². The maximum atomic E-state index is 13.3. The van der Waals surface area contributed by atoms with Gasteiger partial charge in [-0.1, -0.05) is 54.6 Å². The highest BCUT2D eigenvalue weighted by Gasteiger charge is 2.52. The number of benzene rings is 3. The summed E-state index contributed by atoms with van der Waals surface area (Å²) in [6.45, 7) is -0.345. The van der Waals surface area contributed by atoms with Gasteiger partial charge in [0.05, 0.1) is 29.4 Å². The number of ketones is 2. The van der Waals surface area contributed by atoms with Gasteiger partial charge >= 0.3 is 7.12 Å². The molecule has 1 fully saturated rings. The number of aliphatic hydroxyl groups is 1. The standard InChI is InChI=1S/C25H19BO7/c27-12-25-10-16-18(17(11-25)32-26(33-25)13-6-2-1-3-7-13)24(31)20-19(23(16)30)21(28)14-8-4-5-9-15(14)22(20)29/h1-9,17,27,30-31H,10-12H2/t17-,25-/m0/s1. The Bertz CT molecular complexity index is 1340. The lowest BCUT2D eigenvalue weighted by Crippen LogP contribution is -2.57. The van der Waals surface area contributed by atoms with Crippen LogP contribution in [-0.4, -0.2) is 46.2 Å². The molecule has 0 unspecified atom stereocenters. The largest absolute Gasteiger partial charge is 0.507 e. The summed E-state index contributed by atoms with van der Waals surface area (Å²) in [6.07, 6.45) is -0.474. The molecule has 33 heavy (non-hydrogen) atoms. The van der Waals surface area contributed by atoms with E-state index in [4.69, 9.17) is 9.31 Å². The first-order valence-electron chi connectivity index (χ1n) is 10.7. The molecule has 3 aromatic carbocycles. The minimum absolute atomic E-state index is 0.0534. The van der Waals surface area contributed by atoms with Gasteiger partial charge < -0.3 is 24.6 Å². The molecule has 6 rings (SSSR count). The first kappa shape index (κ1) is 20.2. The van der Waals surface area contributed by atoms with Crippen molar-refractivity contribution in [1.82, 2.24) is 0 Å². The van der Waals surface area contributed by atoms with Crippen LogP contribution in [0.1, 0.15) is 55.5 Å². The lowest BCUT2D eigenvalue weighted by molar-refractivity contribution is -0.0915. The Morgan fingerprint density at radius 3 is 2.15 bits per heavy atom. The molecular weight excluding hydrogens is 423 g/mol. The number of carbonyl (C=O) groups excluding carboxylic acids is 2. The zero-order chi connectivity index (χ0) is 22.9. The number of aliphatic hydroxyl groups excluding tert-OH is 1. The summed E-state index contributed by atoms with van der Waals surface area (Å²) in [7, 11) is -0.805. The Morgan fingerprint density at radius 1 is 0.909 bits per heavy atom. The van der Waals surface area contributed by atoms with Crippen molar-refractivity contribution >= 4 is 24.1 Å². The average molecular weight is 442 g/mol. The molecule has 164 valence electrons. The molecule has 0 aromatic heterocycles. The van der Waals surface area contributed by atoms with E-state index < -0.39 is 30.4 Å². The van der Waals surface area contributed by atoms with Crippen LogP contribution in [0.2, 0.25) is 0 Å². The van der Waals surface area contributed by atoms with Gasteiger partial charge in [0.25, 0.3) is 0 Å². The molecule has 3 N–H and O–H groups in total. The van der Waals surface area contributed by atoms with E-state index >= 15 is 0 Å². The van der Waals surface area contributed by atoms with Crippen molar-refractivity contribution in [2.24, 2.45) is 0 Å². The SMILES string of the molecule is O=C1c2ccccc2C(=O)c2c(O)c3c(c(O)c21)C[C@@]1(CO)C[C@@H]3OB(c2ccccc2)O1. The second kappa shape index (κ2) is 7.02. The van der Waals surface area contributed by atoms with E-state index in [1.165, 1.54) is 12.1 Å². The summed E-state index contributed by atoms with van der Waals surface area (Å²) in [6, 6.07) is 15.5. The molecule has 1 saturated heterocycles. The van der Waals surface area contributed by atoms with E-state index in [9.17, 15) is 24.9 Å². The third kappa shape index (κ3) is 2.75. The third-order valence-corrected chi connectivity index (χ3v) is 6.84. The Hall–Kier alpha value is -3.46. The fourth-order valence-electron chi connectivity index (χ4n) is 5.27. The number of hydrogen-bond donors (Lipinski definition) is 3. The molecule has 7 nitrogen and oxygen atoms in total. The monoisotopic (exact) mass is 442 g/mol. The summed E-state index contributed by atoms with van der Waals surface area (Å²) in [5.74, 6) is -1.80. The summed E-state index contributed by atoms with van der Waals surface area (Å²) >= 11 is 0. The minimum Gasteiger partial charge on any atom is -0.507 e. The fraction of sp³-hybridized carbons (Fsp3) is 0.200. The first-order chi connectivity index (χ1) is 15.9. The van der Waals surface area contributed by atoms with Gasteiger partial charge in [0.2, 0.25) is 0 Å². The second-order valence-electron chi connectivity index (χ2n) is 8.75. The predicted molar refractivity (Wildman–Crippen MR) is 118 cm³/mol. The third-order valence-electron chi connectivity index (χ3n) is 6.84. The molecule has 0 amide bonds. The summed E-state index contributed by atoms with van der Waals surface area (Å²) in [5.41, 5.74) is 0.109. The van der Waals surface area contributed by atoms with Crippen molar-refractivity contribution in [3.63, 3.8) is 0 Å². The van der Waals surface area contributed by atoms with Crippen LogP contribution in [0.4, 0.5) is 0 Å². The van der Waals surface area contributed by atoms with Gasteiger partial charge in [0.1, 0.15) is 11.5 Å². The number of phenols is 2. The van der Waals surface area contributed by atoms with E-state index in [1.807, 2.05) is 30.3 Å². The Kier molecular flexibility index (Phi) is 4.29. The molecule has 0 saturated carbocycles. The second-order valence-corrected chi connectivity index (χ2v) is 8.75. The molecule has 2 aliphatic carbocycles. The minimum atomic E-state index is -1.08. The molecule has 0 radical (unpaired) electrons. The highest BCUT2D eigenvalue weighted by Crippen LogP contribution is 2.53. The van der Waals surface area contributed by atoms with E-state index in [0.717, 1.165) is 5.46 Å². The van der Waals surface area contributed by atoms with Crippen molar-refractivity contribution in [2.75, 3.05) is 6.61 Å². The summed E-state index contributed by atoms with van der Waals surface area (Å²) in [4.78, 5) is 26.5. The molecule has 8 heteroatoms. The van der Waals surface area contributed by atoms with Crippen molar-refractivity contribution in [1.29, 1.82) is 0 Å². The van der Waals surface area contributed by atoms with Gasteiger partial charge in [0, 0.05) is 35.1 Å². The van der Waals surface area contributed by atoms with Gasteiger partial charge in [-0.25, -0.2) is 0 Å². The highest BCUT2D eigenvalue weighted by molar-refractivity contribution is 6.61. The first-order valence-corrected chi connectivity index (χ1v) is 10.7. The predicted octanol–water partition coefficient (Wildman–Crippen LogP) is 2.03. The zero-order valence-corrected chi connectivity index (χ0v) is 17.4. The van der Waals surface area contributed by atoms with E-state index in [-0.39, 0.29) is 64.3 Å². The number of phenolic OH excluding ortho intramolecular Hbond substituents is 2. The van der Waals surface area contributed by atoms with Gasteiger partial charge in [-0.2, -0.15) is 0 Å². The highest BCUT2D eigenvalue weighted by atomic mass is 16.6. The van der Waals surface area contributed by atoms with Crippen LogP contribution in [0.5, 0.6) is 11.5 Å². The number of carbonyl (C=O) groups is 2. The molecule has 3 aliphatic rings. The maximum Gasteiger partial charge on any atom is 0.494 e. The lowest BCUT2D eigenvalue weighted by atomic mass is 9.68. The number of hydrogen-bond acceptors (Lipinski definition) is 7. The van der Waals surface area contributed by atoms with Crippen LogP contribution < -0.4 is 5.46 Å². The molecular formula is C25H19BO7. The van der Waals surface area contributed by atoms with Crippen LogP contribution in [0.15, 0.2) is 54.6 Å². The Labute approximate surface area is 189 Å². The summed E-state index contributed by atoms with van der Waals surface area (Å²) < 4.78 is 12.3. The number of aromatic hydroxyl groups is 2. The van der Waals surface area contributed by atoms with Crippen LogP contribution in [0.25, 0.3) is 0 Å². The van der Waals surface area contributed by atoms with Crippen LogP contribution in [0.3, 0.4) is 0 Å². The van der Waals surface area contributed by atoms with E-state index in [1.54, 1.807) is 12.1 Å². The van der Waals surface area contributed by atoms with Gasteiger partial charge in [-0.15, -0.1) is 0 Å². The molecule has 2 atom stereocenters. The van der Waals surface area contributed by atoms with Crippen LogP contribution in [0, 0.1) is 0 Å². The summed E-state index contributed by atoms with van der Waals surface area (Å²) in [5, 5.41) is 32.7. The number of fused-ring (bicyclic) bond motifs is 6. The van der Waals surface area contributed by atoms with Gasteiger partial charge in [0.15, 0.2) is 11.6 Å². The van der Waals surface area contributed by atoms with Gasteiger partial charge in [-0.05, 0) is 5.46 Å². The zero-order valence-electron chi connectivity index (χ0n) is 17.4. The van der Waals surface area contributed by atoms with E-state index in [2.05, 4.69) is 0 Å². The average Bonchev–Trinajstić information content (AvgIpc) is 2.84. The Morgan fingerprint density at radius 2 is 1.52 bits per heavy atom. The smallest absolute Gasteiger partial charge is 0.494 e. The molecule has 0 spiro atoms. The topological polar surface area (TPSA) is 113 Å². The maximum absolute atomic E-state index is 13.3. The lowest BCUT2D eigenvalue weighted by Gasteiger charge is -2.48. The van der Waals surface area contributed by atoms with Crippen molar-refractivity contribution in [3.8, 4) is 11.5 Å². The van der Waals surface area contributed by atoms with Crippen molar-refractivity contribution in [2.45, 2.75) is 24.5 Å². The fourth-order valence-corrected chi connectivity index (χ4v) is 5.27. The Balaban J connectivity index is 1.55. The molecule has 1 aliphatic heterocycles. The van der Waals surface area contributed by atoms with Gasteiger partial charge in [-0.3, -0.25) is 9.59 Å². The molecule has 1 heterocycles. The van der Waals surface area contributed by atoms with Crippen molar-refractivity contribution < 1.29 is 34.2 Å². The molecule has 3 aromatic rings.